The predicted molar refractivity (Wildman–Crippen MR) is 102 cm³/mol. The van der Waals surface area contributed by atoms with Gasteiger partial charge in [0.2, 0.25) is 0 Å². The lowest BCUT2D eigenvalue weighted by molar-refractivity contribution is -0.0512. The number of rotatable bonds is 6. The molecule has 3 rings (SSSR count). The summed E-state index contributed by atoms with van der Waals surface area (Å²) in [4.78, 5) is 16.9. The number of carbonyl (C=O) groups is 1. The summed E-state index contributed by atoms with van der Waals surface area (Å²) in [7, 11) is 1.35. The van der Waals surface area contributed by atoms with E-state index in [0.717, 1.165) is 19.6 Å². The molecule has 0 radical (unpaired) electrons. The van der Waals surface area contributed by atoms with Gasteiger partial charge >= 0.3 is 6.61 Å². The Morgan fingerprint density at radius 1 is 1.07 bits per heavy atom. The minimum absolute atomic E-state index is 0.0860. The van der Waals surface area contributed by atoms with E-state index in [2.05, 4.69) is 28.7 Å². The Hall–Kier alpha value is -2.67. The zero-order chi connectivity index (χ0) is 20.1. The molecule has 5 nitrogen and oxygen atoms in total. The zero-order valence-corrected chi connectivity index (χ0v) is 16.0. The Kier molecular flexibility index (Phi) is 6.46. The molecule has 2 aromatic carbocycles. The molecule has 0 saturated carbocycles. The number of alkyl halides is 2. The van der Waals surface area contributed by atoms with E-state index in [-0.39, 0.29) is 17.4 Å². The molecule has 0 aromatic heterocycles. The molecule has 1 heterocycles. The molecule has 0 N–H and O–H groups in total. The highest BCUT2D eigenvalue weighted by molar-refractivity contribution is 5.95. The molecule has 7 heteroatoms. The maximum atomic E-state index is 12.8. The van der Waals surface area contributed by atoms with Crippen LogP contribution in [0.5, 0.6) is 11.5 Å². The third-order valence-electron chi connectivity index (χ3n) is 4.94. The zero-order valence-electron chi connectivity index (χ0n) is 16.0. The van der Waals surface area contributed by atoms with Crippen molar-refractivity contribution >= 4 is 5.91 Å². The fourth-order valence-corrected chi connectivity index (χ4v) is 3.31. The highest BCUT2D eigenvalue weighted by atomic mass is 19.3. The summed E-state index contributed by atoms with van der Waals surface area (Å²) in [6.45, 7) is 2.81. The number of halogens is 2. The topological polar surface area (TPSA) is 42.0 Å². The molecule has 0 atom stereocenters. The summed E-state index contributed by atoms with van der Waals surface area (Å²) in [5.41, 5.74) is 2.95. The Morgan fingerprint density at radius 2 is 1.79 bits per heavy atom. The van der Waals surface area contributed by atoms with Gasteiger partial charge in [0.1, 0.15) is 0 Å². The van der Waals surface area contributed by atoms with Gasteiger partial charge < -0.3 is 14.4 Å². The van der Waals surface area contributed by atoms with E-state index >= 15 is 0 Å². The van der Waals surface area contributed by atoms with Crippen molar-refractivity contribution in [2.45, 2.75) is 20.1 Å². The Bertz CT molecular complexity index is 821. The van der Waals surface area contributed by atoms with Crippen LogP contribution in [-0.2, 0) is 6.54 Å². The maximum Gasteiger partial charge on any atom is 0.387 e. The Balaban J connectivity index is 1.61. The van der Waals surface area contributed by atoms with Crippen molar-refractivity contribution < 1.29 is 23.0 Å². The minimum atomic E-state index is -2.95. The number of hydrogen-bond donors (Lipinski definition) is 0. The molecule has 28 heavy (non-hydrogen) atoms. The average Bonchev–Trinajstić information content (AvgIpc) is 2.69. The van der Waals surface area contributed by atoms with Gasteiger partial charge in [-0.05, 0) is 36.2 Å². The molecule has 0 spiro atoms. The standard InChI is InChI=1S/C21H24F2N2O3/c1-15-5-3-4-6-17(15)14-24-9-11-25(12-10-24)20(26)16-7-8-18(28-21(22)23)19(13-16)27-2/h3-8,13,21H,9-12,14H2,1-2H3. The molecular formula is C21H24F2N2O3. The Morgan fingerprint density at radius 3 is 2.43 bits per heavy atom. The molecule has 1 aliphatic rings. The first-order valence-electron chi connectivity index (χ1n) is 9.17. The van der Waals surface area contributed by atoms with E-state index in [4.69, 9.17) is 4.74 Å². The summed E-state index contributed by atoms with van der Waals surface area (Å²) in [6, 6.07) is 12.6. The molecule has 0 unspecified atom stereocenters. The number of nitrogens with zero attached hydrogens (tertiary/aromatic N) is 2. The summed E-state index contributed by atoms with van der Waals surface area (Å²) in [5, 5.41) is 0. The van der Waals surface area contributed by atoms with E-state index in [1.807, 2.05) is 12.1 Å². The van der Waals surface area contributed by atoms with Crippen molar-refractivity contribution in [1.29, 1.82) is 0 Å². The molecule has 2 aromatic rings. The van der Waals surface area contributed by atoms with Crippen molar-refractivity contribution in [2.75, 3.05) is 33.3 Å². The largest absolute Gasteiger partial charge is 0.493 e. The van der Waals surface area contributed by atoms with Crippen molar-refractivity contribution in [3.05, 3.63) is 59.2 Å². The fourth-order valence-electron chi connectivity index (χ4n) is 3.31. The van der Waals surface area contributed by atoms with Gasteiger partial charge in [-0.25, -0.2) is 0 Å². The summed E-state index contributed by atoms with van der Waals surface area (Å²) in [6.07, 6.45) is 0. The molecule has 1 saturated heterocycles. The molecule has 0 aliphatic carbocycles. The first kappa shape index (κ1) is 20.1. The number of amides is 1. The van der Waals surface area contributed by atoms with Crippen LogP contribution in [0.4, 0.5) is 8.78 Å². The van der Waals surface area contributed by atoms with Crippen LogP contribution in [-0.4, -0.2) is 55.6 Å². The molecule has 1 amide bonds. The second kappa shape index (κ2) is 9.01. The summed E-state index contributed by atoms with van der Waals surface area (Å²) < 4.78 is 34.4. The highest BCUT2D eigenvalue weighted by Crippen LogP contribution is 2.30. The molecule has 0 bridgehead atoms. The third-order valence-corrected chi connectivity index (χ3v) is 4.94. The van der Waals surface area contributed by atoms with Crippen molar-refractivity contribution in [3.8, 4) is 11.5 Å². The van der Waals surface area contributed by atoms with Crippen LogP contribution in [0.3, 0.4) is 0 Å². The number of piperazine rings is 1. The lowest BCUT2D eigenvalue weighted by Gasteiger charge is -2.35. The van der Waals surface area contributed by atoms with Gasteiger partial charge in [-0.15, -0.1) is 0 Å². The quantitative estimate of drug-likeness (QED) is 0.756. The maximum absolute atomic E-state index is 12.8. The number of benzene rings is 2. The van der Waals surface area contributed by atoms with Crippen LogP contribution in [0.1, 0.15) is 21.5 Å². The van der Waals surface area contributed by atoms with Gasteiger partial charge in [0.25, 0.3) is 5.91 Å². The van der Waals surface area contributed by atoms with E-state index in [1.54, 1.807) is 4.90 Å². The van der Waals surface area contributed by atoms with Crippen molar-refractivity contribution in [1.82, 2.24) is 9.80 Å². The third kappa shape index (κ3) is 4.78. The van der Waals surface area contributed by atoms with E-state index in [1.165, 1.54) is 36.4 Å². The van der Waals surface area contributed by atoms with Gasteiger partial charge in [0.15, 0.2) is 11.5 Å². The molecule has 1 aliphatic heterocycles. The van der Waals surface area contributed by atoms with Crippen molar-refractivity contribution in [2.24, 2.45) is 0 Å². The molecular weight excluding hydrogens is 366 g/mol. The number of hydrogen-bond acceptors (Lipinski definition) is 4. The van der Waals surface area contributed by atoms with E-state index in [0.29, 0.717) is 18.7 Å². The van der Waals surface area contributed by atoms with Gasteiger partial charge in [0, 0.05) is 38.3 Å². The fraction of sp³-hybridized carbons (Fsp3) is 0.381. The number of aryl methyl sites for hydroxylation is 1. The second-order valence-corrected chi connectivity index (χ2v) is 6.74. The molecule has 1 fully saturated rings. The van der Waals surface area contributed by atoms with Crippen molar-refractivity contribution in [3.63, 3.8) is 0 Å². The molecule has 150 valence electrons. The lowest BCUT2D eigenvalue weighted by atomic mass is 10.1. The first-order chi connectivity index (χ1) is 13.5. The number of methoxy groups -OCH3 is 1. The predicted octanol–water partition coefficient (Wildman–Crippen LogP) is 3.56. The normalized spacial score (nSPS) is 15.0. The van der Waals surface area contributed by atoms with Crippen LogP contribution in [0.25, 0.3) is 0 Å². The second-order valence-electron chi connectivity index (χ2n) is 6.74. The Labute approximate surface area is 163 Å². The van der Waals surface area contributed by atoms with Gasteiger partial charge in [-0.1, -0.05) is 24.3 Å². The average molecular weight is 390 g/mol. The monoisotopic (exact) mass is 390 g/mol. The van der Waals surface area contributed by atoms with E-state index in [9.17, 15) is 13.6 Å². The first-order valence-corrected chi connectivity index (χ1v) is 9.17. The smallest absolute Gasteiger partial charge is 0.387 e. The highest BCUT2D eigenvalue weighted by Gasteiger charge is 2.23. The van der Waals surface area contributed by atoms with Gasteiger partial charge in [-0.3, -0.25) is 9.69 Å². The van der Waals surface area contributed by atoms with Crippen LogP contribution in [0.2, 0.25) is 0 Å². The van der Waals surface area contributed by atoms with Gasteiger partial charge in [-0.2, -0.15) is 8.78 Å². The van der Waals surface area contributed by atoms with Crippen LogP contribution in [0, 0.1) is 6.92 Å². The van der Waals surface area contributed by atoms with E-state index < -0.39 is 6.61 Å². The SMILES string of the molecule is COc1cc(C(=O)N2CCN(Cc3ccccc3C)CC2)ccc1OC(F)F. The minimum Gasteiger partial charge on any atom is -0.493 e. The van der Waals surface area contributed by atoms with Crippen LogP contribution < -0.4 is 9.47 Å². The lowest BCUT2D eigenvalue weighted by Crippen LogP contribution is -2.48. The summed E-state index contributed by atoms with van der Waals surface area (Å²) >= 11 is 0. The number of carbonyl (C=O) groups excluding carboxylic acids is 1. The van der Waals surface area contributed by atoms with Gasteiger partial charge in [0.05, 0.1) is 7.11 Å². The van der Waals surface area contributed by atoms with Crippen LogP contribution in [0.15, 0.2) is 42.5 Å². The number of ether oxygens (including phenoxy) is 2. The van der Waals surface area contributed by atoms with Crippen LogP contribution >= 0.6 is 0 Å². The summed E-state index contributed by atoms with van der Waals surface area (Å²) in [5.74, 6) is -0.112.